The summed E-state index contributed by atoms with van der Waals surface area (Å²) in [6, 6.07) is 8.31. The van der Waals surface area contributed by atoms with Crippen LogP contribution >= 0.6 is 0 Å². The van der Waals surface area contributed by atoms with Gasteiger partial charge in [0.15, 0.2) is 5.78 Å². The third kappa shape index (κ3) is 8.42. The number of anilines is 1. The molecule has 2 aliphatic heterocycles. The third-order valence-corrected chi connectivity index (χ3v) is 9.08. The van der Waals surface area contributed by atoms with Gasteiger partial charge in [-0.2, -0.15) is 0 Å². The van der Waals surface area contributed by atoms with Gasteiger partial charge < -0.3 is 35.2 Å². The van der Waals surface area contributed by atoms with E-state index in [4.69, 9.17) is 0 Å². The Balaban J connectivity index is 1.41. The third-order valence-electron chi connectivity index (χ3n) is 9.08. The normalized spacial score (nSPS) is 18.8. The SMILES string of the molecule is COC(=O)NC(C(=O)N1CCC[C@H]1C(=O)Nc1ccc2cc(CC(=O)[C@@H]3CCCN3C(=O)[C@@H](NC(=O)OC)C(C)C)ccc2c1)C(C)C. The zero-order valence-electron chi connectivity index (χ0n) is 28.5. The van der Waals surface area contributed by atoms with Crippen LogP contribution in [-0.2, 0) is 35.1 Å². The largest absolute Gasteiger partial charge is 0.453 e. The molecule has 2 heterocycles. The zero-order valence-corrected chi connectivity index (χ0v) is 28.5. The van der Waals surface area contributed by atoms with E-state index in [0.29, 0.717) is 44.5 Å². The molecule has 2 aromatic rings. The summed E-state index contributed by atoms with van der Waals surface area (Å²) in [5.41, 5.74) is 1.38. The van der Waals surface area contributed by atoms with Crippen LogP contribution in [0.1, 0.15) is 58.9 Å². The molecule has 4 atom stereocenters. The fourth-order valence-electron chi connectivity index (χ4n) is 6.45. The number of hydrogen-bond donors (Lipinski definition) is 3. The Morgan fingerprint density at radius 1 is 0.729 bits per heavy atom. The van der Waals surface area contributed by atoms with Gasteiger partial charge >= 0.3 is 12.2 Å². The van der Waals surface area contributed by atoms with Crippen molar-refractivity contribution in [1.82, 2.24) is 20.4 Å². The van der Waals surface area contributed by atoms with E-state index in [1.807, 2.05) is 58.0 Å². The Kier molecular flexibility index (Phi) is 12.0. The zero-order chi connectivity index (χ0) is 35.1. The number of nitrogens with one attached hydrogen (secondary N) is 3. The van der Waals surface area contributed by atoms with Crippen LogP contribution in [-0.4, -0.2) is 97.0 Å². The van der Waals surface area contributed by atoms with Crippen LogP contribution in [0.3, 0.4) is 0 Å². The molecule has 0 spiro atoms. The van der Waals surface area contributed by atoms with E-state index in [9.17, 15) is 28.8 Å². The molecule has 260 valence electrons. The molecule has 2 saturated heterocycles. The highest BCUT2D eigenvalue weighted by atomic mass is 16.5. The van der Waals surface area contributed by atoms with E-state index < -0.39 is 36.4 Å². The molecule has 0 bridgehead atoms. The van der Waals surface area contributed by atoms with E-state index in [0.717, 1.165) is 16.3 Å². The molecule has 2 fully saturated rings. The second-order valence-corrected chi connectivity index (χ2v) is 13.1. The lowest BCUT2D eigenvalue weighted by atomic mass is 9.98. The maximum atomic E-state index is 13.5. The van der Waals surface area contributed by atoms with E-state index in [1.54, 1.807) is 11.0 Å². The Morgan fingerprint density at radius 2 is 1.23 bits per heavy atom. The van der Waals surface area contributed by atoms with Gasteiger partial charge in [0.2, 0.25) is 17.7 Å². The summed E-state index contributed by atoms with van der Waals surface area (Å²) in [7, 11) is 2.48. The van der Waals surface area contributed by atoms with Crippen LogP contribution in [0.2, 0.25) is 0 Å². The fraction of sp³-hybridized carbons (Fsp3) is 0.543. The number of nitrogens with zero attached hydrogens (tertiary/aromatic N) is 2. The van der Waals surface area contributed by atoms with Crippen molar-refractivity contribution >= 4 is 52.2 Å². The first-order chi connectivity index (χ1) is 22.8. The topological polar surface area (TPSA) is 163 Å². The monoisotopic (exact) mass is 665 g/mol. The van der Waals surface area contributed by atoms with Gasteiger partial charge in [-0.15, -0.1) is 0 Å². The van der Waals surface area contributed by atoms with Crippen LogP contribution in [0, 0.1) is 11.8 Å². The average molecular weight is 666 g/mol. The van der Waals surface area contributed by atoms with Gasteiger partial charge in [0.1, 0.15) is 18.1 Å². The van der Waals surface area contributed by atoms with Gasteiger partial charge in [-0.05, 0) is 66.0 Å². The minimum absolute atomic E-state index is 0.0678. The molecule has 13 nitrogen and oxygen atoms in total. The lowest BCUT2D eigenvalue weighted by Gasteiger charge is -2.30. The molecule has 1 unspecified atom stereocenters. The highest BCUT2D eigenvalue weighted by Crippen LogP contribution is 2.26. The first kappa shape index (κ1) is 36.2. The van der Waals surface area contributed by atoms with Gasteiger partial charge in [-0.3, -0.25) is 19.2 Å². The van der Waals surface area contributed by atoms with Crippen LogP contribution in [0.15, 0.2) is 36.4 Å². The summed E-state index contributed by atoms with van der Waals surface area (Å²) in [4.78, 5) is 80.3. The first-order valence-electron chi connectivity index (χ1n) is 16.5. The maximum Gasteiger partial charge on any atom is 0.407 e. The van der Waals surface area contributed by atoms with Crippen molar-refractivity contribution < 1.29 is 38.2 Å². The Labute approximate surface area is 281 Å². The summed E-state index contributed by atoms with van der Waals surface area (Å²) in [5, 5.41) is 9.87. The van der Waals surface area contributed by atoms with Crippen LogP contribution < -0.4 is 16.0 Å². The lowest BCUT2D eigenvalue weighted by molar-refractivity contribution is -0.139. The standard InChI is InChI=1S/C35H47N5O8/c1-20(2)29(37-34(45)47-5)32(43)39-15-7-9-26(39)28(41)18-22-11-12-24-19-25(14-13-23(24)17-22)36-31(42)27-10-8-16-40(27)33(44)30(21(3)4)38-35(46)48-6/h11-14,17,19-21,26-27,29-30H,7-10,15-16,18H2,1-6H3,(H,36,42)(H,37,45)(H,38,46)/t26-,27-,29-,30?/m0/s1. The van der Waals surface area contributed by atoms with Crippen molar-refractivity contribution in [2.75, 3.05) is 32.6 Å². The molecule has 13 heteroatoms. The number of ether oxygens (including phenoxy) is 2. The number of fused-ring (bicyclic) bond motifs is 1. The quantitative estimate of drug-likeness (QED) is 0.328. The van der Waals surface area contributed by atoms with Crippen LogP contribution in [0.4, 0.5) is 15.3 Å². The van der Waals surface area contributed by atoms with Gasteiger partial charge in [0, 0.05) is 25.2 Å². The van der Waals surface area contributed by atoms with Gasteiger partial charge in [0.25, 0.3) is 0 Å². The number of benzene rings is 2. The summed E-state index contributed by atoms with van der Waals surface area (Å²) in [6.45, 7) is 8.16. The second-order valence-electron chi connectivity index (χ2n) is 13.1. The minimum atomic E-state index is -0.814. The molecule has 2 aliphatic rings. The summed E-state index contributed by atoms with van der Waals surface area (Å²) < 4.78 is 9.36. The Bertz CT molecular complexity index is 1430. The summed E-state index contributed by atoms with van der Waals surface area (Å²) in [5.74, 6) is -1.37. The number of methoxy groups -OCH3 is 2. The van der Waals surface area contributed by atoms with Crippen molar-refractivity contribution in [3.63, 3.8) is 0 Å². The van der Waals surface area contributed by atoms with Crippen molar-refractivity contribution in [2.45, 2.75) is 84.0 Å². The molecule has 0 saturated carbocycles. The van der Waals surface area contributed by atoms with Gasteiger partial charge in [-0.1, -0.05) is 52.0 Å². The first-order valence-corrected chi connectivity index (χ1v) is 16.5. The smallest absolute Gasteiger partial charge is 0.407 e. The number of likely N-dealkylation sites (tertiary alicyclic amines) is 2. The fourth-order valence-corrected chi connectivity index (χ4v) is 6.45. The highest BCUT2D eigenvalue weighted by Gasteiger charge is 2.40. The molecule has 0 aromatic heterocycles. The van der Waals surface area contributed by atoms with Crippen molar-refractivity contribution in [2.24, 2.45) is 11.8 Å². The number of ketones is 1. The molecular formula is C35H47N5O8. The second kappa shape index (κ2) is 15.9. The molecule has 0 radical (unpaired) electrons. The van der Waals surface area contributed by atoms with Crippen LogP contribution in [0.5, 0.6) is 0 Å². The molecule has 0 aliphatic carbocycles. The Hall–Kier alpha value is -4.68. The van der Waals surface area contributed by atoms with Crippen LogP contribution in [0.25, 0.3) is 10.8 Å². The van der Waals surface area contributed by atoms with Gasteiger partial charge in [-0.25, -0.2) is 9.59 Å². The van der Waals surface area contributed by atoms with Crippen molar-refractivity contribution in [3.05, 3.63) is 42.0 Å². The number of amides is 5. The van der Waals surface area contributed by atoms with Crippen molar-refractivity contribution in [3.8, 4) is 0 Å². The number of Topliss-reactive ketones (excluding diaryl/α,β-unsaturated/α-hetero) is 1. The number of alkyl carbamates (subject to hydrolysis) is 2. The molecule has 48 heavy (non-hydrogen) atoms. The predicted octanol–water partition coefficient (Wildman–Crippen LogP) is 3.63. The predicted molar refractivity (Wildman–Crippen MR) is 179 cm³/mol. The van der Waals surface area contributed by atoms with E-state index in [1.165, 1.54) is 19.1 Å². The van der Waals surface area contributed by atoms with E-state index in [2.05, 4.69) is 25.4 Å². The Morgan fingerprint density at radius 3 is 1.77 bits per heavy atom. The highest BCUT2D eigenvalue weighted by molar-refractivity contribution is 6.00. The average Bonchev–Trinajstić information content (AvgIpc) is 3.76. The lowest BCUT2D eigenvalue weighted by Crippen LogP contribution is -2.54. The molecule has 2 aromatic carbocycles. The summed E-state index contributed by atoms with van der Waals surface area (Å²) >= 11 is 0. The summed E-state index contributed by atoms with van der Waals surface area (Å²) in [6.07, 6.45) is 1.20. The minimum Gasteiger partial charge on any atom is -0.453 e. The number of hydrogen-bond acceptors (Lipinski definition) is 8. The van der Waals surface area contributed by atoms with E-state index in [-0.39, 0.29) is 41.8 Å². The van der Waals surface area contributed by atoms with E-state index >= 15 is 0 Å². The van der Waals surface area contributed by atoms with Crippen molar-refractivity contribution in [1.29, 1.82) is 0 Å². The number of carbonyl (C=O) groups is 6. The molecule has 3 N–H and O–H groups in total. The molecular weight excluding hydrogens is 618 g/mol. The maximum absolute atomic E-state index is 13.5. The molecule has 5 amide bonds. The van der Waals surface area contributed by atoms with Gasteiger partial charge in [0.05, 0.1) is 20.3 Å². The number of rotatable bonds is 11. The number of carbonyl (C=O) groups excluding carboxylic acids is 6. The molecule has 4 rings (SSSR count).